The van der Waals surface area contributed by atoms with Crippen LogP contribution in [0.4, 0.5) is 4.79 Å². The van der Waals surface area contributed by atoms with Crippen molar-refractivity contribution < 1.29 is 23.9 Å². The maximum Gasteiger partial charge on any atom is 0.320 e. The number of amides is 3. The summed E-state index contributed by atoms with van der Waals surface area (Å²) in [6, 6.07) is 7.73. The van der Waals surface area contributed by atoms with E-state index in [2.05, 4.69) is 9.88 Å². The Morgan fingerprint density at radius 3 is 2.06 bits per heavy atom. The monoisotopic (exact) mass is 646 g/mol. The summed E-state index contributed by atoms with van der Waals surface area (Å²) in [7, 11) is 0. The number of nitrogens with zero attached hydrogens (tertiary/aromatic N) is 3. The van der Waals surface area contributed by atoms with E-state index in [4.69, 9.17) is 9.47 Å². The third-order valence-corrected chi connectivity index (χ3v) is 12.4. The fourth-order valence-electron chi connectivity index (χ4n) is 10.5. The molecule has 1 unspecified atom stereocenters. The summed E-state index contributed by atoms with van der Waals surface area (Å²) in [5.41, 5.74) is 0.942. The quantitative estimate of drug-likeness (QED) is 0.315. The molecule has 8 rings (SSSR count). The molecular weight excluding hydrogens is 592 g/mol. The lowest BCUT2D eigenvalue weighted by molar-refractivity contribution is -0.159. The van der Waals surface area contributed by atoms with Crippen LogP contribution in [0.2, 0.25) is 0 Å². The number of H-pyrrole nitrogens is 1. The van der Waals surface area contributed by atoms with Crippen LogP contribution >= 0.6 is 0 Å². The molecule has 47 heavy (non-hydrogen) atoms. The molecule has 2 aromatic rings. The van der Waals surface area contributed by atoms with Crippen LogP contribution in [0.1, 0.15) is 85.0 Å². The van der Waals surface area contributed by atoms with Crippen molar-refractivity contribution in [1.82, 2.24) is 19.7 Å². The van der Waals surface area contributed by atoms with Crippen molar-refractivity contribution in [3.63, 3.8) is 0 Å². The highest BCUT2D eigenvalue weighted by Gasteiger charge is 2.55. The number of hydrogen-bond acceptors (Lipinski definition) is 5. The largest absolute Gasteiger partial charge is 0.489 e. The van der Waals surface area contributed by atoms with E-state index in [-0.39, 0.29) is 36.6 Å². The molecule has 1 aromatic heterocycles. The standard InChI is InChI=1S/C38H54N4O5/c1-25(2)42(23-32(47-26(3)43)24-46-35-6-4-5-34-33(35)7-12-39-34)37(45)41-15-10-31(11-16-41)30-8-13-40(14-9-30)36(44)38-20-27-17-28(21-38)19-29(18-27)22-38/h4-7,12,25,27-32,39H,8-11,13-24H2,1-3H3. The molecule has 4 bridgehead atoms. The smallest absolute Gasteiger partial charge is 0.320 e. The van der Waals surface area contributed by atoms with Crippen molar-refractivity contribution in [3.8, 4) is 5.75 Å². The average molecular weight is 647 g/mol. The minimum atomic E-state index is -0.586. The number of aromatic amines is 1. The van der Waals surface area contributed by atoms with Crippen molar-refractivity contribution in [1.29, 1.82) is 0 Å². The van der Waals surface area contributed by atoms with E-state index >= 15 is 0 Å². The van der Waals surface area contributed by atoms with E-state index in [1.54, 1.807) is 0 Å². The molecule has 2 saturated heterocycles. The first-order chi connectivity index (χ1) is 22.7. The summed E-state index contributed by atoms with van der Waals surface area (Å²) >= 11 is 0. The van der Waals surface area contributed by atoms with Crippen LogP contribution < -0.4 is 4.74 Å². The maximum atomic E-state index is 13.9. The first-order valence-electron chi connectivity index (χ1n) is 18.4. The molecular formula is C38H54N4O5. The first-order valence-corrected chi connectivity index (χ1v) is 18.4. The molecule has 9 nitrogen and oxygen atoms in total. The van der Waals surface area contributed by atoms with Gasteiger partial charge >= 0.3 is 12.0 Å². The highest BCUT2D eigenvalue weighted by Crippen LogP contribution is 2.60. The Labute approximate surface area is 279 Å². The van der Waals surface area contributed by atoms with Crippen LogP contribution in [-0.2, 0) is 14.3 Å². The zero-order valence-corrected chi connectivity index (χ0v) is 28.6. The lowest BCUT2D eigenvalue weighted by Crippen LogP contribution is -2.56. The Hall–Kier alpha value is -3.23. The number of hydrogen-bond donors (Lipinski definition) is 1. The highest BCUT2D eigenvalue weighted by atomic mass is 16.6. The number of aromatic nitrogens is 1. The van der Waals surface area contributed by atoms with Gasteiger partial charge in [-0.3, -0.25) is 9.59 Å². The molecule has 0 radical (unpaired) electrons. The molecule has 6 fully saturated rings. The summed E-state index contributed by atoms with van der Waals surface area (Å²) in [5, 5.41) is 0.966. The minimum Gasteiger partial charge on any atom is -0.489 e. The molecule has 9 heteroatoms. The van der Waals surface area contributed by atoms with E-state index in [9.17, 15) is 14.4 Å². The van der Waals surface area contributed by atoms with Gasteiger partial charge in [0.15, 0.2) is 6.10 Å². The number of piperidine rings is 2. The summed E-state index contributed by atoms with van der Waals surface area (Å²) < 4.78 is 11.8. The van der Waals surface area contributed by atoms with Gasteiger partial charge in [-0.1, -0.05) is 6.07 Å². The van der Waals surface area contributed by atoms with Gasteiger partial charge in [0.1, 0.15) is 12.4 Å². The van der Waals surface area contributed by atoms with Crippen molar-refractivity contribution in [3.05, 3.63) is 30.5 Å². The number of benzene rings is 1. The Morgan fingerprint density at radius 1 is 0.894 bits per heavy atom. The lowest BCUT2D eigenvalue weighted by atomic mass is 9.49. The van der Waals surface area contributed by atoms with E-state index in [1.807, 2.05) is 54.1 Å². The van der Waals surface area contributed by atoms with Crippen LogP contribution in [0.3, 0.4) is 0 Å². The molecule has 4 saturated carbocycles. The number of carbonyl (C=O) groups excluding carboxylic acids is 3. The summed E-state index contributed by atoms with van der Waals surface area (Å²) in [6.07, 6.45) is 13.0. The third-order valence-electron chi connectivity index (χ3n) is 12.4. The number of esters is 1. The van der Waals surface area contributed by atoms with Gasteiger partial charge in [-0.05, 0) is 126 Å². The van der Waals surface area contributed by atoms with Crippen LogP contribution in [0.15, 0.2) is 30.5 Å². The predicted octanol–water partition coefficient (Wildman–Crippen LogP) is 6.48. The number of rotatable bonds is 9. The highest BCUT2D eigenvalue weighted by molar-refractivity contribution is 5.85. The van der Waals surface area contributed by atoms with Crippen molar-refractivity contribution in [2.45, 2.75) is 97.1 Å². The average Bonchev–Trinajstić information content (AvgIpc) is 3.54. The first kappa shape index (κ1) is 32.3. The number of ether oxygens (including phenoxy) is 2. The molecule has 6 aliphatic rings. The molecule has 4 aliphatic carbocycles. The zero-order chi connectivity index (χ0) is 32.7. The Morgan fingerprint density at radius 2 is 1.49 bits per heavy atom. The number of fused-ring (bicyclic) bond motifs is 1. The maximum absolute atomic E-state index is 13.9. The molecule has 1 aromatic carbocycles. The number of likely N-dealkylation sites (tertiary alicyclic amines) is 2. The second-order valence-corrected chi connectivity index (χ2v) is 15.9. The number of nitrogens with one attached hydrogen (secondary N) is 1. The fourth-order valence-corrected chi connectivity index (χ4v) is 10.5. The van der Waals surface area contributed by atoms with Gasteiger partial charge in [0.25, 0.3) is 0 Å². The van der Waals surface area contributed by atoms with Gasteiger partial charge in [0, 0.05) is 56.2 Å². The topological polar surface area (TPSA) is 95.2 Å². The van der Waals surface area contributed by atoms with Gasteiger partial charge in [-0.15, -0.1) is 0 Å². The van der Waals surface area contributed by atoms with Gasteiger partial charge in [0.2, 0.25) is 5.91 Å². The third kappa shape index (κ3) is 6.73. The molecule has 3 heterocycles. The van der Waals surface area contributed by atoms with E-state index < -0.39 is 6.10 Å². The molecule has 1 atom stereocenters. The zero-order valence-electron chi connectivity index (χ0n) is 28.6. The molecule has 1 N–H and O–H groups in total. The predicted molar refractivity (Wildman–Crippen MR) is 181 cm³/mol. The van der Waals surface area contributed by atoms with E-state index in [1.165, 1.54) is 26.2 Å². The van der Waals surface area contributed by atoms with Crippen molar-refractivity contribution in [2.75, 3.05) is 39.3 Å². The summed E-state index contributed by atoms with van der Waals surface area (Å²) in [4.78, 5) is 49.0. The number of urea groups is 1. The Bertz CT molecular complexity index is 1400. The van der Waals surface area contributed by atoms with Crippen LogP contribution in [0.5, 0.6) is 5.75 Å². The molecule has 3 amide bonds. The van der Waals surface area contributed by atoms with Gasteiger partial charge in [-0.25, -0.2) is 4.79 Å². The molecule has 256 valence electrons. The van der Waals surface area contributed by atoms with Crippen molar-refractivity contribution in [2.24, 2.45) is 35.0 Å². The van der Waals surface area contributed by atoms with Crippen molar-refractivity contribution >= 4 is 28.8 Å². The lowest BCUT2D eigenvalue weighted by Gasteiger charge is -2.57. The second kappa shape index (κ2) is 13.3. The van der Waals surface area contributed by atoms with E-state index in [0.717, 1.165) is 99.8 Å². The van der Waals surface area contributed by atoms with Gasteiger partial charge < -0.3 is 29.2 Å². The van der Waals surface area contributed by atoms with Gasteiger partial charge in [-0.2, -0.15) is 0 Å². The Balaban J connectivity index is 0.904. The SMILES string of the molecule is CC(=O)OC(COc1cccc2[nH]ccc12)CN(C(=O)N1CCC(C2CCN(C(=O)C34CC5CC(CC(C5)C3)C4)CC2)CC1)C(C)C. The van der Waals surface area contributed by atoms with Gasteiger partial charge in [0.05, 0.1) is 12.0 Å². The summed E-state index contributed by atoms with van der Waals surface area (Å²) in [6.45, 7) is 9.14. The fraction of sp³-hybridized carbons (Fsp3) is 0.711. The molecule has 0 spiro atoms. The second-order valence-electron chi connectivity index (χ2n) is 15.9. The Kier molecular flexibility index (Phi) is 9.18. The van der Waals surface area contributed by atoms with Crippen LogP contribution in [0.25, 0.3) is 10.9 Å². The molecule has 2 aliphatic heterocycles. The van der Waals surface area contributed by atoms with E-state index in [0.29, 0.717) is 23.5 Å². The summed E-state index contributed by atoms with van der Waals surface area (Å²) in [5.74, 6) is 4.44. The normalized spacial score (nSPS) is 28.6. The number of carbonyl (C=O) groups is 3. The minimum absolute atomic E-state index is 0.000623. The van der Waals surface area contributed by atoms with Crippen LogP contribution in [0, 0.1) is 35.0 Å². The van der Waals surface area contributed by atoms with Crippen LogP contribution in [-0.4, -0.2) is 89.1 Å².